The van der Waals surface area contributed by atoms with Gasteiger partial charge in [-0.25, -0.2) is 13.8 Å². The molecule has 0 bridgehead atoms. The van der Waals surface area contributed by atoms with Gasteiger partial charge in [0.2, 0.25) is 0 Å². The Bertz CT molecular complexity index is 971. The van der Waals surface area contributed by atoms with E-state index in [-0.39, 0.29) is 41.9 Å². The second kappa shape index (κ2) is 9.23. The smallest absolute Gasteiger partial charge is 0.252 e. The number of halogens is 2. The maximum absolute atomic E-state index is 14.8. The largest absolute Gasteiger partial charge is 0.365 e. The van der Waals surface area contributed by atoms with Crippen LogP contribution in [0.2, 0.25) is 0 Å². The molecule has 32 heavy (non-hydrogen) atoms. The highest BCUT2D eigenvalue weighted by Crippen LogP contribution is 2.35. The molecule has 10 heteroatoms. The second-order valence-electron chi connectivity index (χ2n) is 8.67. The molecule has 0 spiro atoms. The molecule has 6 N–H and O–H groups in total. The van der Waals surface area contributed by atoms with E-state index in [1.165, 1.54) is 0 Å². The summed E-state index contributed by atoms with van der Waals surface area (Å²) in [6.45, 7) is 1.56. The normalized spacial score (nSPS) is 21.5. The van der Waals surface area contributed by atoms with Crippen LogP contribution < -0.4 is 22.1 Å². The molecule has 1 saturated carbocycles. The maximum atomic E-state index is 14.8. The number of alkyl halides is 1. The van der Waals surface area contributed by atoms with Gasteiger partial charge in [-0.3, -0.25) is 9.80 Å². The van der Waals surface area contributed by atoms with Crippen molar-refractivity contribution in [3.8, 4) is 0 Å². The molecule has 1 aromatic heterocycles. The van der Waals surface area contributed by atoms with E-state index in [4.69, 9.17) is 11.5 Å². The first-order valence-corrected chi connectivity index (χ1v) is 10.9. The summed E-state index contributed by atoms with van der Waals surface area (Å²) < 4.78 is 27.6. The van der Waals surface area contributed by atoms with Gasteiger partial charge in [0, 0.05) is 24.2 Å². The summed E-state index contributed by atoms with van der Waals surface area (Å²) in [6, 6.07) is 0.654. The van der Waals surface area contributed by atoms with Gasteiger partial charge in [-0.15, -0.1) is 0 Å². The number of nitrogens with zero attached hydrogens (tertiary/aromatic N) is 3. The van der Waals surface area contributed by atoms with Crippen molar-refractivity contribution in [3.05, 3.63) is 40.9 Å². The van der Waals surface area contributed by atoms with Crippen molar-refractivity contribution in [2.24, 2.45) is 22.5 Å². The van der Waals surface area contributed by atoms with E-state index in [2.05, 4.69) is 20.7 Å². The monoisotopic (exact) mass is 445 g/mol. The zero-order valence-corrected chi connectivity index (χ0v) is 18.0. The zero-order chi connectivity index (χ0) is 22.8. The van der Waals surface area contributed by atoms with Crippen molar-refractivity contribution in [2.45, 2.75) is 50.7 Å². The highest BCUT2D eigenvalue weighted by atomic mass is 19.1. The lowest BCUT2D eigenvalue weighted by Crippen LogP contribution is -2.39. The number of carbonyl (C=O) groups is 1. The summed E-state index contributed by atoms with van der Waals surface area (Å²) in [7, 11) is 0. The lowest BCUT2D eigenvalue weighted by molar-refractivity contribution is 0.100. The number of hydrogen-bond acceptors (Lipinski definition) is 7. The van der Waals surface area contributed by atoms with Crippen LogP contribution in [0.25, 0.3) is 0 Å². The van der Waals surface area contributed by atoms with Gasteiger partial charge in [0.1, 0.15) is 12.5 Å². The summed E-state index contributed by atoms with van der Waals surface area (Å²) in [4.78, 5) is 16.3. The van der Waals surface area contributed by atoms with Crippen LogP contribution in [-0.4, -0.2) is 53.5 Å². The number of nitrogens with one attached hydrogen (secondary N) is 2. The third-order valence-electron chi connectivity index (χ3n) is 6.06. The predicted octanol–water partition coefficient (Wildman–Crippen LogP) is 2.51. The number of rotatable bonds is 10. The van der Waals surface area contributed by atoms with Gasteiger partial charge in [0.15, 0.2) is 11.6 Å². The summed E-state index contributed by atoms with van der Waals surface area (Å²) in [5.74, 6) is -0.669. The lowest BCUT2D eigenvalue weighted by atomic mass is 9.97. The molecule has 0 saturated heterocycles. The number of anilines is 2. The van der Waals surface area contributed by atoms with E-state index in [1.54, 1.807) is 11.2 Å². The first-order valence-electron chi connectivity index (χ1n) is 10.9. The third kappa shape index (κ3) is 4.90. The van der Waals surface area contributed by atoms with E-state index in [0.29, 0.717) is 12.3 Å². The first-order chi connectivity index (χ1) is 15.4. The third-order valence-corrected chi connectivity index (χ3v) is 6.06. The van der Waals surface area contributed by atoms with Crippen LogP contribution >= 0.6 is 0 Å². The Kier molecular flexibility index (Phi) is 6.40. The van der Waals surface area contributed by atoms with Crippen molar-refractivity contribution in [3.63, 3.8) is 0 Å². The van der Waals surface area contributed by atoms with Crippen LogP contribution in [0.4, 0.5) is 20.4 Å². The molecule has 1 aromatic rings. The van der Waals surface area contributed by atoms with Gasteiger partial charge >= 0.3 is 0 Å². The van der Waals surface area contributed by atoms with Gasteiger partial charge in [0.05, 0.1) is 24.4 Å². The molecule has 2 aliphatic carbocycles. The van der Waals surface area contributed by atoms with Crippen LogP contribution in [0, 0.1) is 11.7 Å². The minimum atomic E-state index is -0.789. The number of carbonyl (C=O) groups excluding carboxylic acids is 1. The molecule has 172 valence electrons. The molecule has 1 unspecified atom stereocenters. The minimum absolute atomic E-state index is 0.0244. The van der Waals surface area contributed by atoms with E-state index < -0.39 is 18.4 Å². The minimum Gasteiger partial charge on any atom is -0.365 e. The molecule has 8 nitrogen and oxygen atoms in total. The molecular weight excluding hydrogens is 416 g/mol. The van der Waals surface area contributed by atoms with Crippen LogP contribution in [0.5, 0.6) is 0 Å². The van der Waals surface area contributed by atoms with Crippen LogP contribution in [0.1, 0.15) is 43.0 Å². The molecule has 2 heterocycles. The molecule has 0 aromatic carbocycles. The Morgan fingerprint density at radius 2 is 2.12 bits per heavy atom. The van der Waals surface area contributed by atoms with Crippen LogP contribution in [0.15, 0.2) is 34.6 Å². The number of fused-ring (bicyclic) bond motifs is 1. The summed E-state index contributed by atoms with van der Waals surface area (Å²) >= 11 is 0. The van der Waals surface area contributed by atoms with Crippen LogP contribution in [0.3, 0.4) is 0 Å². The fraction of sp³-hybridized carbons (Fsp3) is 0.500. The van der Waals surface area contributed by atoms with E-state index in [9.17, 15) is 13.6 Å². The van der Waals surface area contributed by atoms with Gasteiger partial charge in [0.25, 0.3) is 5.91 Å². The van der Waals surface area contributed by atoms with Crippen molar-refractivity contribution >= 4 is 23.8 Å². The standard InChI is InChI=1S/C22H29F2N7O/c1-12(25)18(8-13-2-3-13)29-22-17(24)10-16(20(26)32)21(30-22)28-15-5-4-14-11-27-31(7-6-23)19(14)9-15/h4-5,10-13,18-19H,2-3,6-9,25H2,1H3,(H2,26,32)(H2,28,29,30)/t12-,18+,19?/m0/s1. The van der Waals surface area contributed by atoms with Crippen molar-refractivity contribution in [2.75, 3.05) is 23.9 Å². The number of amides is 1. The Labute approximate surface area is 185 Å². The first kappa shape index (κ1) is 22.2. The van der Waals surface area contributed by atoms with Crippen LogP contribution in [-0.2, 0) is 0 Å². The molecule has 3 atom stereocenters. The molecule has 3 aliphatic rings. The van der Waals surface area contributed by atoms with Gasteiger partial charge in [-0.1, -0.05) is 18.9 Å². The Morgan fingerprint density at radius 3 is 2.78 bits per heavy atom. The van der Waals surface area contributed by atoms with E-state index >= 15 is 0 Å². The SMILES string of the molecule is C[C@H](N)[C@@H](CC1CC1)Nc1nc(NC2=CC=C3C=NN(CCF)C3C2)c(C(N)=O)cc1F. The fourth-order valence-corrected chi connectivity index (χ4v) is 4.04. The number of hydrogen-bond donors (Lipinski definition) is 4. The van der Waals surface area contributed by atoms with Crippen molar-refractivity contribution in [1.82, 2.24) is 9.99 Å². The fourth-order valence-electron chi connectivity index (χ4n) is 4.04. The highest BCUT2D eigenvalue weighted by molar-refractivity contribution is 5.98. The maximum Gasteiger partial charge on any atom is 0.252 e. The molecule has 1 amide bonds. The van der Waals surface area contributed by atoms with Gasteiger partial charge in [-0.2, -0.15) is 5.10 Å². The van der Waals surface area contributed by atoms with Gasteiger partial charge < -0.3 is 22.1 Å². The van der Waals surface area contributed by atoms with E-state index in [0.717, 1.165) is 36.6 Å². The summed E-state index contributed by atoms with van der Waals surface area (Å²) in [6.07, 6.45) is 9.10. The number of nitrogens with two attached hydrogens (primary N) is 2. The lowest BCUT2D eigenvalue weighted by Gasteiger charge is -2.27. The van der Waals surface area contributed by atoms with E-state index in [1.807, 2.05) is 19.1 Å². The zero-order valence-electron chi connectivity index (χ0n) is 18.0. The second-order valence-corrected chi connectivity index (χ2v) is 8.67. The average Bonchev–Trinajstić information content (AvgIpc) is 3.49. The molecule has 1 aliphatic heterocycles. The van der Waals surface area contributed by atoms with Crippen molar-refractivity contribution in [1.29, 1.82) is 0 Å². The number of allylic oxidation sites excluding steroid dienone is 2. The molecule has 4 rings (SSSR count). The number of primary amides is 1. The van der Waals surface area contributed by atoms with Crippen molar-refractivity contribution < 1.29 is 13.6 Å². The predicted molar refractivity (Wildman–Crippen MR) is 120 cm³/mol. The average molecular weight is 446 g/mol. The molecule has 0 radical (unpaired) electrons. The van der Waals surface area contributed by atoms with Gasteiger partial charge in [-0.05, 0) is 37.0 Å². The Hall–Kier alpha value is -3.01. The summed E-state index contributed by atoms with van der Waals surface area (Å²) in [5.41, 5.74) is 13.3. The highest BCUT2D eigenvalue weighted by Gasteiger charge is 2.30. The molecular formula is C22H29F2N7O. The number of pyridine rings is 1. The Morgan fingerprint density at radius 1 is 1.34 bits per heavy atom. The summed E-state index contributed by atoms with van der Waals surface area (Å²) in [5, 5.41) is 12.2. The Balaban J connectivity index is 1.56. The quantitative estimate of drug-likeness (QED) is 0.439. The number of aromatic nitrogens is 1. The topological polar surface area (TPSA) is 122 Å². The number of hydrazone groups is 1. The molecule has 1 fully saturated rings.